The van der Waals surface area contributed by atoms with E-state index in [-0.39, 0.29) is 0 Å². The normalized spacial score (nSPS) is 12.6. The summed E-state index contributed by atoms with van der Waals surface area (Å²) >= 11 is 4.92. The molecule has 16 heavy (non-hydrogen) atoms. The summed E-state index contributed by atoms with van der Waals surface area (Å²) in [6.07, 6.45) is 2.88. The summed E-state index contributed by atoms with van der Waals surface area (Å²) in [6.45, 7) is 3.88. The maximum atomic E-state index is 11.0. The third-order valence-electron chi connectivity index (χ3n) is 2.60. The lowest BCUT2D eigenvalue weighted by Crippen LogP contribution is -2.04. The number of hydrogen-bond acceptors (Lipinski definition) is 3. The molecule has 0 aliphatic carbocycles. The number of aliphatic hydroxyl groups is 1. The van der Waals surface area contributed by atoms with Crippen molar-refractivity contribution in [3.05, 3.63) is 27.2 Å². The van der Waals surface area contributed by atoms with Gasteiger partial charge >= 0.3 is 0 Å². The molecule has 0 fully saturated rings. The van der Waals surface area contributed by atoms with Crippen molar-refractivity contribution in [1.29, 1.82) is 0 Å². The van der Waals surface area contributed by atoms with Crippen LogP contribution in [0.3, 0.4) is 0 Å². The predicted molar refractivity (Wildman–Crippen MR) is 71.3 cm³/mol. The molecule has 1 aromatic rings. The van der Waals surface area contributed by atoms with Crippen molar-refractivity contribution in [3.63, 3.8) is 0 Å². The number of aliphatic hydroxyl groups excluding tert-OH is 1. The Balaban J connectivity index is 3.52. The Kier molecular flexibility index (Phi) is 5.02. The summed E-state index contributed by atoms with van der Waals surface area (Å²) in [6, 6.07) is 1.81. The molecule has 0 saturated heterocycles. The van der Waals surface area contributed by atoms with Gasteiger partial charge in [0.1, 0.15) is 0 Å². The molecular formula is C12H15BrO2S. The molecule has 0 heterocycles. The monoisotopic (exact) mass is 302 g/mol. The van der Waals surface area contributed by atoms with E-state index in [9.17, 15) is 9.90 Å². The quantitative estimate of drug-likeness (QED) is 0.680. The molecule has 4 heteroatoms. The highest BCUT2D eigenvalue weighted by Crippen LogP contribution is 2.36. The lowest BCUT2D eigenvalue weighted by Gasteiger charge is -2.18. The molecule has 0 amide bonds. The van der Waals surface area contributed by atoms with Gasteiger partial charge in [-0.2, -0.15) is 0 Å². The minimum Gasteiger partial charge on any atom is -0.388 e. The zero-order valence-electron chi connectivity index (χ0n) is 9.58. The van der Waals surface area contributed by atoms with E-state index in [2.05, 4.69) is 15.9 Å². The Morgan fingerprint density at radius 1 is 1.62 bits per heavy atom. The fourth-order valence-corrected chi connectivity index (χ4v) is 3.00. The van der Waals surface area contributed by atoms with E-state index < -0.39 is 6.10 Å². The average Bonchev–Trinajstić information content (AvgIpc) is 2.30. The first-order valence-electron chi connectivity index (χ1n) is 5.07. The van der Waals surface area contributed by atoms with Crippen LogP contribution in [0.2, 0.25) is 0 Å². The minimum atomic E-state index is -0.515. The number of benzene rings is 1. The van der Waals surface area contributed by atoms with Gasteiger partial charge < -0.3 is 5.11 Å². The van der Waals surface area contributed by atoms with Crippen LogP contribution < -0.4 is 0 Å². The number of carbonyl (C=O) groups is 1. The first-order valence-corrected chi connectivity index (χ1v) is 7.08. The second-order valence-electron chi connectivity index (χ2n) is 3.56. The molecule has 0 aliphatic rings. The third kappa shape index (κ3) is 2.50. The van der Waals surface area contributed by atoms with Gasteiger partial charge in [0, 0.05) is 14.9 Å². The van der Waals surface area contributed by atoms with Crippen molar-refractivity contribution >= 4 is 34.0 Å². The van der Waals surface area contributed by atoms with Gasteiger partial charge in [-0.1, -0.05) is 22.9 Å². The molecule has 1 N–H and O–H groups in total. The van der Waals surface area contributed by atoms with E-state index in [4.69, 9.17) is 0 Å². The van der Waals surface area contributed by atoms with Gasteiger partial charge in [-0.25, -0.2) is 0 Å². The zero-order chi connectivity index (χ0) is 12.3. The van der Waals surface area contributed by atoms with E-state index >= 15 is 0 Å². The van der Waals surface area contributed by atoms with Crippen LogP contribution in [0.4, 0.5) is 0 Å². The van der Waals surface area contributed by atoms with E-state index in [1.54, 1.807) is 6.07 Å². The van der Waals surface area contributed by atoms with E-state index in [1.807, 2.05) is 20.1 Å². The fraction of sp³-hybridized carbons (Fsp3) is 0.417. The highest BCUT2D eigenvalue weighted by Gasteiger charge is 2.18. The van der Waals surface area contributed by atoms with Crippen LogP contribution in [0.15, 0.2) is 15.4 Å². The maximum absolute atomic E-state index is 11.0. The molecule has 0 radical (unpaired) electrons. The average molecular weight is 303 g/mol. The number of halogens is 1. The lowest BCUT2D eigenvalue weighted by atomic mass is 9.99. The molecule has 0 aliphatic heterocycles. The van der Waals surface area contributed by atoms with Gasteiger partial charge in [-0.15, -0.1) is 11.8 Å². The number of thioether (sulfide) groups is 1. The second kappa shape index (κ2) is 5.84. The van der Waals surface area contributed by atoms with Crippen molar-refractivity contribution in [2.24, 2.45) is 0 Å². The largest absolute Gasteiger partial charge is 0.388 e. The van der Waals surface area contributed by atoms with Gasteiger partial charge in [0.05, 0.1) is 6.10 Å². The number of rotatable bonds is 4. The summed E-state index contributed by atoms with van der Waals surface area (Å²) in [5, 5.41) is 10.0. The van der Waals surface area contributed by atoms with Gasteiger partial charge in [-0.3, -0.25) is 4.79 Å². The Bertz CT molecular complexity index is 404. The molecule has 1 rings (SSSR count). The summed E-state index contributed by atoms with van der Waals surface area (Å²) in [5.74, 6) is 0. The zero-order valence-corrected chi connectivity index (χ0v) is 12.0. The number of hydrogen-bond donors (Lipinski definition) is 1. The van der Waals surface area contributed by atoms with Crippen LogP contribution in [0.25, 0.3) is 0 Å². The Morgan fingerprint density at radius 3 is 2.69 bits per heavy atom. The van der Waals surface area contributed by atoms with Crippen LogP contribution in [0, 0.1) is 6.92 Å². The molecule has 0 aromatic heterocycles. The first kappa shape index (κ1) is 13.7. The van der Waals surface area contributed by atoms with Crippen LogP contribution in [0.5, 0.6) is 0 Å². The molecule has 0 bridgehead atoms. The lowest BCUT2D eigenvalue weighted by molar-refractivity contribution is 0.111. The molecule has 88 valence electrons. The van der Waals surface area contributed by atoms with Crippen molar-refractivity contribution in [2.75, 3.05) is 6.26 Å². The van der Waals surface area contributed by atoms with E-state index in [1.165, 1.54) is 11.8 Å². The van der Waals surface area contributed by atoms with Crippen LogP contribution in [0.1, 0.15) is 40.9 Å². The van der Waals surface area contributed by atoms with E-state index in [0.717, 1.165) is 26.8 Å². The van der Waals surface area contributed by atoms with Crippen molar-refractivity contribution in [3.8, 4) is 0 Å². The molecular weight excluding hydrogens is 288 g/mol. The minimum absolute atomic E-state index is 0.515. The smallest absolute Gasteiger partial charge is 0.151 e. The summed E-state index contributed by atoms with van der Waals surface area (Å²) < 4.78 is 0.870. The topological polar surface area (TPSA) is 37.3 Å². The van der Waals surface area contributed by atoms with Gasteiger partial charge in [-0.05, 0) is 36.8 Å². The second-order valence-corrected chi connectivity index (χ2v) is 5.23. The number of carbonyl (C=O) groups excluding carboxylic acids is 1. The van der Waals surface area contributed by atoms with Crippen molar-refractivity contribution < 1.29 is 9.90 Å². The van der Waals surface area contributed by atoms with Crippen LogP contribution in [-0.4, -0.2) is 17.6 Å². The molecule has 2 nitrogen and oxygen atoms in total. The van der Waals surface area contributed by atoms with Gasteiger partial charge in [0.15, 0.2) is 6.29 Å². The fourth-order valence-electron chi connectivity index (χ4n) is 1.69. The van der Waals surface area contributed by atoms with Crippen molar-refractivity contribution in [2.45, 2.75) is 31.3 Å². The Labute approximate surface area is 109 Å². The summed E-state index contributed by atoms with van der Waals surface area (Å²) in [5.41, 5.74) is 2.50. The Hall–Kier alpha value is -0.320. The molecule has 0 saturated carbocycles. The SMILES string of the molecule is CCC(O)c1c(C)c(Br)cc(C=O)c1SC. The number of aldehydes is 1. The standard InChI is InChI=1S/C12H15BrO2S/c1-4-10(15)11-7(2)9(13)5-8(6-14)12(11)16-3/h5-6,10,15H,4H2,1-3H3. The highest BCUT2D eigenvalue weighted by atomic mass is 79.9. The molecule has 0 spiro atoms. The maximum Gasteiger partial charge on any atom is 0.151 e. The van der Waals surface area contributed by atoms with Crippen LogP contribution >= 0.6 is 27.7 Å². The van der Waals surface area contributed by atoms with Gasteiger partial charge in [0.2, 0.25) is 0 Å². The summed E-state index contributed by atoms with van der Waals surface area (Å²) in [7, 11) is 0. The van der Waals surface area contributed by atoms with E-state index in [0.29, 0.717) is 12.0 Å². The highest BCUT2D eigenvalue weighted by molar-refractivity contribution is 9.10. The van der Waals surface area contributed by atoms with Crippen molar-refractivity contribution in [1.82, 2.24) is 0 Å². The third-order valence-corrected chi connectivity index (χ3v) is 4.29. The Morgan fingerprint density at radius 2 is 2.25 bits per heavy atom. The molecule has 1 unspecified atom stereocenters. The van der Waals surface area contributed by atoms with Crippen LogP contribution in [-0.2, 0) is 0 Å². The molecule has 1 atom stereocenters. The van der Waals surface area contributed by atoms with Gasteiger partial charge in [0.25, 0.3) is 0 Å². The molecule has 1 aromatic carbocycles. The first-order chi connectivity index (χ1) is 7.56. The predicted octanol–water partition coefficient (Wildman–Crippen LogP) is 3.74. The summed E-state index contributed by atoms with van der Waals surface area (Å²) in [4.78, 5) is 11.9.